The van der Waals surface area contributed by atoms with Gasteiger partial charge in [-0.3, -0.25) is 4.68 Å². The number of ether oxygens (including phenoxy) is 1. The van der Waals surface area contributed by atoms with E-state index in [9.17, 15) is 4.39 Å². The van der Waals surface area contributed by atoms with Gasteiger partial charge in [-0.05, 0) is 37.2 Å². The molecule has 20 heavy (non-hydrogen) atoms. The Labute approximate surface area is 118 Å². The highest BCUT2D eigenvalue weighted by Gasteiger charge is 2.08. The summed E-state index contributed by atoms with van der Waals surface area (Å²) in [7, 11) is 3.69. The van der Waals surface area contributed by atoms with Crippen molar-refractivity contribution in [2.24, 2.45) is 7.05 Å². The van der Waals surface area contributed by atoms with Crippen LogP contribution in [0, 0.1) is 5.82 Å². The largest absolute Gasteiger partial charge is 0.484 e. The molecule has 2 rings (SSSR count). The van der Waals surface area contributed by atoms with E-state index < -0.39 is 0 Å². The minimum absolute atomic E-state index is 0.268. The van der Waals surface area contributed by atoms with Crippen LogP contribution in [0.15, 0.2) is 24.3 Å². The summed E-state index contributed by atoms with van der Waals surface area (Å²) in [5.74, 6) is -0.0697. The molecule has 0 aliphatic heterocycles. The summed E-state index contributed by atoms with van der Waals surface area (Å²) in [6.45, 7) is 3.00. The smallest absolute Gasteiger partial charge is 0.165 e. The Kier molecular flexibility index (Phi) is 4.74. The summed E-state index contributed by atoms with van der Waals surface area (Å²) >= 11 is 0. The lowest BCUT2D eigenvalue weighted by Crippen LogP contribution is -2.06. The highest BCUT2D eigenvalue weighted by molar-refractivity contribution is 5.29. The molecule has 0 spiro atoms. The third kappa shape index (κ3) is 3.36. The lowest BCUT2D eigenvalue weighted by molar-refractivity contribution is 0.280. The van der Waals surface area contributed by atoms with Crippen molar-refractivity contribution in [3.8, 4) is 5.75 Å². The van der Waals surface area contributed by atoms with Gasteiger partial charge in [0, 0.05) is 13.6 Å². The lowest BCUT2D eigenvalue weighted by atomic mass is 10.2. The standard InChI is InChI=1S/C15H20FN3O/c1-4-12-8-13(19(3)18-12)10-20-15-6-5-11(9-17-2)7-14(15)16/h5-8,17H,4,9-10H2,1-3H3. The Morgan fingerprint density at radius 2 is 2.15 bits per heavy atom. The summed E-state index contributed by atoms with van der Waals surface area (Å²) in [6.07, 6.45) is 0.876. The Hall–Kier alpha value is -1.88. The molecule has 0 unspecified atom stereocenters. The van der Waals surface area contributed by atoms with Crippen LogP contribution in [0.3, 0.4) is 0 Å². The first-order chi connectivity index (χ1) is 9.63. The maximum absolute atomic E-state index is 13.9. The third-order valence-corrected chi connectivity index (χ3v) is 3.14. The highest BCUT2D eigenvalue weighted by atomic mass is 19.1. The fourth-order valence-electron chi connectivity index (χ4n) is 2.01. The summed E-state index contributed by atoms with van der Waals surface area (Å²) in [5.41, 5.74) is 2.84. The zero-order valence-corrected chi connectivity index (χ0v) is 12.1. The minimum atomic E-state index is -0.337. The van der Waals surface area contributed by atoms with Gasteiger partial charge in [0.05, 0.1) is 11.4 Å². The molecule has 0 atom stereocenters. The van der Waals surface area contributed by atoms with Crippen molar-refractivity contribution >= 4 is 0 Å². The maximum atomic E-state index is 13.9. The van der Waals surface area contributed by atoms with Gasteiger partial charge < -0.3 is 10.1 Å². The fourth-order valence-corrected chi connectivity index (χ4v) is 2.01. The molecule has 0 fully saturated rings. The number of hydrogen-bond donors (Lipinski definition) is 1. The zero-order chi connectivity index (χ0) is 14.5. The highest BCUT2D eigenvalue weighted by Crippen LogP contribution is 2.19. The van der Waals surface area contributed by atoms with Gasteiger partial charge in [-0.1, -0.05) is 13.0 Å². The number of halogens is 1. The van der Waals surface area contributed by atoms with E-state index in [4.69, 9.17) is 4.74 Å². The molecule has 0 saturated heterocycles. The van der Waals surface area contributed by atoms with Crippen LogP contribution in [0.25, 0.3) is 0 Å². The number of nitrogens with one attached hydrogen (secondary N) is 1. The van der Waals surface area contributed by atoms with Gasteiger partial charge in [-0.2, -0.15) is 5.10 Å². The Morgan fingerprint density at radius 1 is 1.35 bits per heavy atom. The number of rotatable bonds is 6. The van der Waals surface area contributed by atoms with E-state index in [1.807, 2.05) is 33.2 Å². The molecule has 108 valence electrons. The average Bonchev–Trinajstić information content (AvgIpc) is 2.79. The number of nitrogens with zero attached hydrogens (tertiary/aromatic N) is 2. The van der Waals surface area contributed by atoms with Crippen LogP contribution in [-0.2, 0) is 26.6 Å². The van der Waals surface area contributed by atoms with Crippen LogP contribution in [-0.4, -0.2) is 16.8 Å². The Balaban J connectivity index is 2.04. The molecule has 0 aliphatic carbocycles. The van der Waals surface area contributed by atoms with Crippen LogP contribution in [0.4, 0.5) is 4.39 Å². The minimum Gasteiger partial charge on any atom is -0.484 e. The molecule has 0 amide bonds. The predicted molar refractivity (Wildman–Crippen MR) is 76.1 cm³/mol. The van der Waals surface area contributed by atoms with Gasteiger partial charge in [-0.15, -0.1) is 0 Å². The van der Waals surface area contributed by atoms with E-state index in [1.54, 1.807) is 10.7 Å². The fraction of sp³-hybridized carbons (Fsp3) is 0.400. The van der Waals surface area contributed by atoms with Crippen molar-refractivity contribution in [3.63, 3.8) is 0 Å². The van der Waals surface area contributed by atoms with Crippen molar-refractivity contribution in [1.82, 2.24) is 15.1 Å². The Morgan fingerprint density at radius 3 is 2.75 bits per heavy atom. The molecule has 1 aromatic carbocycles. The Bertz CT molecular complexity index is 580. The first kappa shape index (κ1) is 14.5. The van der Waals surface area contributed by atoms with Crippen molar-refractivity contribution in [3.05, 3.63) is 47.0 Å². The van der Waals surface area contributed by atoms with Gasteiger partial charge in [-0.25, -0.2) is 4.39 Å². The van der Waals surface area contributed by atoms with Crippen molar-refractivity contribution in [1.29, 1.82) is 0 Å². The lowest BCUT2D eigenvalue weighted by Gasteiger charge is -2.08. The molecule has 0 radical (unpaired) electrons. The van der Waals surface area contributed by atoms with Crippen LogP contribution in [0.1, 0.15) is 23.9 Å². The molecule has 0 aliphatic rings. The summed E-state index contributed by atoms with van der Waals surface area (Å²) in [4.78, 5) is 0. The van der Waals surface area contributed by atoms with Gasteiger partial charge in [0.25, 0.3) is 0 Å². The van der Waals surface area contributed by atoms with Crippen LogP contribution in [0.2, 0.25) is 0 Å². The normalized spacial score (nSPS) is 10.8. The first-order valence-corrected chi connectivity index (χ1v) is 6.71. The number of benzene rings is 1. The molecule has 1 aromatic heterocycles. The van der Waals surface area contributed by atoms with Crippen LogP contribution >= 0.6 is 0 Å². The maximum Gasteiger partial charge on any atom is 0.165 e. The molecule has 1 heterocycles. The average molecular weight is 277 g/mol. The van der Waals surface area contributed by atoms with E-state index in [0.29, 0.717) is 13.2 Å². The van der Waals surface area contributed by atoms with Crippen molar-refractivity contribution < 1.29 is 9.13 Å². The topological polar surface area (TPSA) is 39.1 Å². The number of aromatic nitrogens is 2. The quantitative estimate of drug-likeness (QED) is 0.881. The van der Waals surface area contributed by atoms with E-state index >= 15 is 0 Å². The molecule has 1 N–H and O–H groups in total. The summed E-state index contributed by atoms with van der Waals surface area (Å²) < 4.78 is 21.2. The third-order valence-electron chi connectivity index (χ3n) is 3.14. The molecular formula is C15H20FN3O. The molecule has 4 nitrogen and oxygen atoms in total. The van der Waals surface area contributed by atoms with Crippen molar-refractivity contribution in [2.75, 3.05) is 7.05 Å². The molecule has 2 aromatic rings. The summed E-state index contributed by atoms with van der Waals surface area (Å²) in [6, 6.07) is 6.99. The second-order valence-electron chi connectivity index (χ2n) is 4.69. The second kappa shape index (κ2) is 6.52. The zero-order valence-electron chi connectivity index (χ0n) is 12.1. The van der Waals surface area contributed by atoms with E-state index in [-0.39, 0.29) is 11.6 Å². The van der Waals surface area contributed by atoms with Gasteiger partial charge in [0.1, 0.15) is 6.61 Å². The number of hydrogen-bond acceptors (Lipinski definition) is 3. The van der Waals surface area contributed by atoms with E-state index in [1.165, 1.54) is 6.07 Å². The first-order valence-electron chi connectivity index (χ1n) is 6.71. The van der Waals surface area contributed by atoms with Crippen LogP contribution < -0.4 is 10.1 Å². The predicted octanol–water partition coefficient (Wildman–Crippen LogP) is 2.42. The SMILES string of the molecule is CCc1cc(COc2ccc(CNC)cc2F)n(C)n1. The molecule has 5 heteroatoms. The molecule has 0 saturated carbocycles. The molecular weight excluding hydrogens is 257 g/mol. The summed E-state index contributed by atoms with van der Waals surface area (Å²) in [5, 5.41) is 7.32. The molecule has 0 bridgehead atoms. The van der Waals surface area contributed by atoms with E-state index in [0.717, 1.165) is 23.4 Å². The second-order valence-corrected chi connectivity index (χ2v) is 4.69. The number of aryl methyl sites for hydroxylation is 2. The van der Waals surface area contributed by atoms with Crippen LogP contribution in [0.5, 0.6) is 5.75 Å². The van der Waals surface area contributed by atoms with Gasteiger partial charge >= 0.3 is 0 Å². The van der Waals surface area contributed by atoms with Gasteiger partial charge in [0.15, 0.2) is 11.6 Å². The van der Waals surface area contributed by atoms with Crippen molar-refractivity contribution in [2.45, 2.75) is 26.5 Å². The van der Waals surface area contributed by atoms with E-state index in [2.05, 4.69) is 10.4 Å². The monoisotopic (exact) mass is 277 g/mol. The van der Waals surface area contributed by atoms with Gasteiger partial charge in [0.2, 0.25) is 0 Å².